The van der Waals surface area contributed by atoms with Crippen molar-refractivity contribution in [2.24, 2.45) is 0 Å². The van der Waals surface area contributed by atoms with E-state index in [1.54, 1.807) is 0 Å². The molecule has 0 saturated carbocycles. The number of hydrogen-bond donors (Lipinski definition) is 3. The summed E-state index contributed by atoms with van der Waals surface area (Å²) >= 11 is 0. The zero-order chi connectivity index (χ0) is 13.7. The third-order valence-corrected chi connectivity index (χ3v) is 2.64. The summed E-state index contributed by atoms with van der Waals surface area (Å²) in [7, 11) is 3.93. The lowest BCUT2D eigenvalue weighted by molar-refractivity contribution is -0.138. The van der Waals surface area contributed by atoms with Crippen LogP contribution in [0, 0.1) is 6.92 Å². The maximum absolute atomic E-state index is 10.4. The second-order valence-electron chi connectivity index (χ2n) is 4.53. The number of rotatable bonds is 6. The first-order valence-corrected chi connectivity index (χ1v) is 5.82. The molecule has 5 nitrogen and oxygen atoms in total. The van der Waals surface area contributed by atoms with Crippen LogP contribution in [0.2, 0.25) is 0 Å². The number of aliphatic carboxylic acids is 1. The Morgan fingerprint density at radius 1 is 1.44 bits per heavy atom. The Hall–Kier alpha value is -1.75. The van der Waals surface area contributed by atoms with Gasteiger partial charge in [-0.15, -0.1) is 0 Å². The fourth-order valence-corrected chi connectivity index (χ4v) is 1.71. The van der Waals surface area contributed by atoms with Crippen molar-refractivity contribution in [1.82, 2.24) is 0 Å². The first-order chi connectivity index (χ1) is 8.40. The van der Waals surface area contributed by atoms with Gasteiger partial charge >= 0.3 is 5.97 Å². The highest BCUT2D eigenvalue weighted by Gasteiger charge is 2.09. The van der Waals surface area contributed by atoms with Crippen LogP contribution in [-0.2, 0) is 4.79 Å². The van der Waals surface area contributed by atoms with Crippen LogP contribution in [0.1, 0.15) is 12.0 Å². The van der Waals surface area contributed by atoms with Crippen LogP contribution in [0.5, 0.6) is 0 Å². The van der Waals surface area contributed by atoms with Crippen LogP contribution < -0.4 is 10.2 Å². The molecule has 0 amide bonds. The van der Waals surface area contributed by atoms with Crippen LogP contribution in [-0.4, -0.2) is 42.9 Å². The van der Waals surface area contributed by atoms with E-state index in [0.29, 0.717) is 0 Å². The number of nitrogens with zero attached hydrogens (tertiary/aromatic N) is 1. The van der Waals surface area contributed by atoms with Crippen LogP contribution in [0.4, 0.5) is 11.4 Å². The normalized spacial score (nSPS) is 12.0. The third-order valence-electron chi connectivity index (χ3n) is 2.64. The van der Waals surface area contributed by atoms with Crippen molar-refractivity contribution in [3.8, 4) is 0 Å². The molecule has 1 unspecified atom stereocenters. The number of carboxylic acids is 1. The van der Waals surface area contributed by atoms with Crippen molar-refractivity contribution in [3.05, 3.63) is 23.8 Å². The summed E-state index contributed by atoms with van der Waals surface area (Å²) in [6.45, 7) is 2.25. The average molecular weight is 252 g/mol. The molecule has 0 heterocycles. The highest BCUT2D eigenvalue weighted by molar-refractivity contribution is 5.67. The van der Waals surface area contributed by atoms with Gasteiger partial charge in [-0.2, -0.15) is 0 Å². The summed E-state index contributed by atoms with van der Waals surface area (Å²) in [5.74, 6) is -0.998. The van der Waals surface area contributed by atoms with Crippen molar-refractivity contribution in [2.45, 2.75) is 19.4 Å². The van der Waals surface area contributed by atoms with Crippen LogP contribution in [0.3, 0.4) is 0 Å². The fourth-order valence-electron chi connectivity index (χ4n) is 1.71. The summed E-state index contributed by atoms with van der Waals surface area (Å²) in [5.41, 5.74) is 3.12. The summed E-state index contributed by atoms with van der Waals surface area (Å²) in [5, 5.41) is 21.0. The number of carbonyl (C=O) groups is 1. The zero-order valence-corrected chi connectivity index (χ0v) is 11.0. The van der Waals surface area contributed by atoms with Gasteiger partial charge < -0.3 is 20.4 Å². The largest absolute Gasteiger partial charge is 0.481 e. The van der Waals surface area contributed by atoms with E-state index in [1.807, 2.05) is 44.1 Å². The predicted molar refractivity (Wildman–Crippen MR) is 72.3 cm³/mol. The molecule has 100 valence electrons. The molecule has 0 aliphatic heterocycles. The molecule has 1 aromatic rings. The molecule has 0 saturated heterocycles. The predicted octanol–water partition coefficient (Wildman–Crippen LogP) is 1.31. The number of aliphatic hydroxyl groups excluding tert-OH is 1. The second kappa shape index (κ2) is 6.26. The van der Waals surface area contributed by atoms with E-state index in [9.17, 15) is 9.90 Å². The Bertz CT molecular complexity index is 419. The molecule has 1 atom stereocenters. The van der Waals surface area contributed by atoms with E-state index in [2.05, 4.69) is 5.32 Å². The van der Waals surface area contributed by atoms with Crippen molar-refractivity contribution >= 4 is 17.3 Å². The minimum absolute atomic E-state index is 0.224. The molecule has 1 aromatic carbocycles. The highest BCUT2D eigenvalue weighted by atomic mass is 16.4. The van der Waals surface area contributed by atoms with Gasteiger partial charge in [0.15, 0.2) is 0 Å². The van der Waals surface area contributed by atoms with Crippen molar-refractivity contribution in [1.29, 1.82) is 0 Å². The first kappa shape index (κ1) is 14.3. The minimum atomic E-state index is -0.998. The smallest absolute Gasteiger partial charge is 0.306 e. The Labute approximate surface area is 107 Å². The lowest BCUT2D eigenvalue weighted by Gasteiger charge is -2.18. The molecule has 0 radical (unpaired) electrons. The summed E-state index contributed by atoms with van der Waals surface area (Å²) in [6.07, 6.45) is -1.13. The van der Waals surface area contributed by atoms with Crippen LogP contribution in [0.15, 0.2) is 18.2 Å². The molecular formula is C13H20N2O3. The molecule has 3 N–H and O–H groups in total. The van der Waals surface area contributed by atoms with Crippen LogP contribution >= 0.6 is 0 Å². The van der Waals surface area contributed by atoms with Crippen LogP contribution in [0.25, 0.3) is 0 Å². The zero-order valence-electron chi connectivity index (χ0n) is 11.0. The number of nitrogens with one attached hydrogen (secondary N) is 1. The maximum atomic E-state index is 10.4. The number of anilines is 2. The van der Waals surface area contributed by atoms with Gasteiger partial charge in [-0.3, -0.25) is 4.79 Å². The van der Waals surface area contributed by atoms with Gasteiger partial charge in [-0.1, -0.05) is 6.07 Å². The standard InChI is InChI=1S/C13H20N2O3/c1-9-4-5-10(6-12(9)15(2)3)14-8-11(16)7-13(17)18/h4-6,11,14,16H,7-8H2,1-3H3,(H,17,18). The van der Waals surface area contributed by atoms with E-state index in [1.165, 1.54) is 0 Å². The van der Waals surface area contributed by atoms with Gasteiger partial charge in [0.05, 0.1) is 12.5 Å². The maximum Gasteiger partial charge on any atom is 0.306 e. The van der Waals surface area contributed by atoms with Gasteiger partial charge in [0.25, 0.3) is 0 Å². The summed E-state index contributed by atoms with van der Waals surface area (Å²) < 4.78 is 0. The van der Waals surface area contributed by atoms with Crippen molar-refractivity contribution in [2.75, 3.05) is 30.9 Å². The quantitative estimate of drug-likeness (QED) is 0.712. The fraction of sp³-hybridized carbons (Fsp3) is 0.462. The highest BCUT2D eigenvalue weighted by Crippen LogP contribution is 2.22. The lowest BCUT2D eigenvalue weighted by atomic mass is 10.1. The van der Waals surface area contributed by atoms with Gasteiger partial charge in [0.1, 0.15) is 0 Å². The Morgan fingerprint density at radius 3 is 2.67 bits per heavy atom. The Morgan fingerprint density at radius 2 is 2.11 bits per heavy atom. The minimum Gasteiger partial charge on any atom is -0.481 e. The Kier molecular flexibility index (Phi) is 4.97. The van der Waals surface area contributed by atoms with E-state index >= 15 is 0 Å². The number of hydrogen-bond acceptors (Lipinski definition) is 4. The number of carboxylic acid groups (broad SMARTS) is 1. The molecule has 0 aliphatic carbocycles. The van der Waals surface area contributed by atoms with E-state index in [0.717, 1.165) is 16.9 Å². The molecule has 0 aliphatic rings. The summed E-state index contributed by atoms with van der Waals surface area (Å²) in [4.78, 5) is 12.4. The molecular weight excluding hydrogens is 232 g/mol. The molecule has 0 fully saturated rings. The summed E-state index contributed by atoms with van der Waals surface area (Å²) in [6, 6.07) is 5.87. The van der Waals surface area contributed by atoms with Gasteiger partial charge in [-0.25, -0.2) is 0 Å². The molecule has 1 rings (SSSR count). The number of aryl methyl sites for hydroxylation is 1. The van der Waals surface area contributed by atoms with Crippen molar-refractivity contribution in [3.63, 3.8) is 0 Å². The van der Waals surface area contributed by atoms with E-state index < -0.39 is 12.1 Å². The average Bonchev–Trinajstić information content (AvgIpc) is 2.26. The van der Waals surface area contributed by atoms with E-state index in [4.69, 9.17) is 5.11 Å². The Balaban J connectivity index is 2.63. The number of benzene rings is 1. The molecule has 0 aromatic heterocycles. The third kappa shape index (κ3) is 4.25. The molecule has 0 bridgehead atoms. The first-order valence-electron chi connectivity index (χ1n) is 5.82. The second-order valence-corrected chi connectivity index (χ2v) is 4.53. The van der Waals surface area contributed by atoms with Gasteiger partial charge in [-0.05, 0) is 24.6 Å². The monoisotopic (exact) mass is 252 g/mol. The molecule has 5 heteroatoms. The van der Waals surface area contributed by atoms with Gasteiger partial charge in [0, 0.05) is 32.0 Å². The van der Waals surface area contributed by atoms with Gasteiger partial charge in [0.2, 0.25) is 0 Å². The molecule has 0 spiro atoms. The topological polar surface area (TPSA) is 72.8 Å². The van der Waals surface area contributed by atoms with E-state index in [-0.39, 0.29) is 13.0 Å². The lowest BCUT2D eigenvalue weighted by Crippen LogP contribution is -2.22. The van der Waals surface area contributed by atoms with Crippen molar-refractivity contribution < 1.29 is 15.0 Å². The SMILES string of the molecule is Cc1ccc(NCC(O)CC(=O)O)cc1N(C)C. The number of aliphatic hydroxyl groups is 1. The molecule has 18 heavy (non-hydrogen) atoms.